The number of nitro groups is 1. The molecule has 1 heterocycles. The molecule has 0 unspecified atom stereocenters. The molecule has 3 aromatic carbocycles. The highest BCUT2D eigenvalue weighted by Gasteiger charge is 2.17. The van der Waals surface area contributed by atoms with Crippen LogP contribution in [0.5, 0.6) is 0 Å². The zero-order chi connectivity index (χ0) is 25.8. The number of thioether (sulfide) groups is 1. The largest absolute Gasteiger partial charge is 0.352 e. The minimum Gasteiger partial charge on any atom is -0.352 e. The van der Waals surface area contributed by atoms with Crippen molar-refractivity contribution in [3.05, 3.63) is 103 Å². The zero-order valence-electron chi connectivity index (χ0n) is 20.3. The summed E-state index contributed by atoms with van der Waals surface area (Å²) in [5.41, 5.74) is 4.07. The average molecular weight is 503 g/mol. The van der Waals surface area contributed by atoms with Gasteiger partial charge in [-0.2, -0.15) is 0 Å². The van der Waals surface area contributed by atoms with Crippen LogP contribution in [-0.4, -0.2) is 26.9 Å². The lowest BCUT2D eigenvalue weighted by Crippen LogP contribution is -2.25. The molecule has 0 aliphatic carbocycles. The summed E-state index contributed by atoms with van der Waals surface area (Å²) in [6.45, 7) is 6.46. The third-order valence-corrected chi connectivity index (χ3v) is 6.60. The molecule has 1 N–H and O–H groups in total. The number of hydrogen-bond acceptors (Lipinski definition) is 6. The van der Waals surface area contributed by atoms with Crippen molar-refractivity contribution in [2.24, 2.45) is 0 Å². The fourth-order valence-electron chi connectivity index (χ4n) is 3.96. The van der Waals surface area contributed by atoms with E-state index in [0.29, 0.717) is 39.6 Å². The second-order valence-electron chi connectivity index (χ2n) is 8.58. The molecule has 0 saturated heterocycles. The highest BCUT2D eigenvalue weighted by atomic mass is 32.2. The first-order valence-electron chi connectivity index (χ1n) is 11.6. The number of aryl methyl sites for hydroxylation is 2. The number of benzene rings is 3. The first-order chi connectivity index (χ1) is 17.3. The van der Waals surface area contributed by atoms with E-state index in [-0.39, 0.29) is 17.2 Å². The molecule has 36 heavy (non-hydrogen) atoms. The monoisotopic (exact) mass is 502 g/mol. The molecule has 1 amide bonds. The summed E-state index contributed by atoms with van der Waals surface area (Å²) < 4.78 is 1.57. The summed E-state index contributed by atoms with van der Waals surface area (Å²) in [5, 5.41) is 14.9. The minimum absolute atomic E-state index is 0.00834. The Morgan fingerprint density at radius 2 is 1.83 bits per heavy atom. The summed E-state index contributed by atoms with van der Waals surface area (Å²) in [7, 11) is 0. The lowest BCUT2D eigenvalue weighted by molar-refractivity contribution is -0.384. The van der Waals surface area contributed by atoms with E-state index in [9.17, 15) is 19.7 Å². The quantitative estimate of drug-likeness (QED) is 0.151. The van der Waals surface area contributed by atoms with Crippen LogP contribution < -0.4 is 10.9 Å². The average Bonchev–Trinajstić information content (AvgIpc) is 2.85. The maximum absolute atomic E-state index is 13.7. The standard InChI is InChI=1S/C27H26N4O4S/c1-4-10-28-25(32)20-8-9-23-24(15-20)29-27(36-16-19-6-5-7-21(14-19)31(34)35)30(26(23)33)22-12-17(2)11-18(3)13-22/h5-9,11-15H,4,10,16H2,1-3H3,(H,28,32). The van der Waals surface area contributed by atoms with Crippen LogP contribution in [0, 0.1) is 24.0 Å². The first-order valence-corrected chi connectivity index (χ1v) is 12.5. The van der Waals surface area contributed by atoms with Gasteiger partial charge in [0, 0.05) is 30.0 Å². The molecule has 0 saturated carbocycles. The van der Waals surface area contributed by atoms with E-state index in [0.717, 1.165) is 23.1 Å². The first kappa shape index (κ1) is 25.1. The molecule has 184 valence electrons. The summed E-state index contributed by atoms with van der Waals surface area (Å²) in [5.74, 6) is 0.158. The van der Waals surface area contributed by atoms with Gasteiger partial charge < -0.3 is 5.32 Å². The molecule has 0 radical (unpaired) electrons. The summed E-state index contributed by atoms with van der Waals surface area (Å²) in [6, 6.07) is 17.2. The number of aromatic nitrogens is 2. The number of rotatable bonds is 8. The normalized spacial score (nSPS) is 11.0. The van der Waals surface area contributed by atoms with Gasteiger partial charge in [-0.25, -0.2) is 4.98 Å². The molecule has 4 aromatic rings. The molecule has 0 aliphatic heterocycles. The van der Waals surface area contributed by atoms with Crippen LogP contribution in [0.4, 0.5) is 5.69 Å². The Labute approximate surface area is 212 Å². The fraction of sp³-hybridized carbons (Fsp3) is 0.222. The number of hydrogen-bond donors (Lipinski definition) is 1. The number of fused-ring (bicyclic) bond motifs is 1. The van der Waals surface area contributed by atoms with Crippen molar-refractivity contribution in [1.82, 2.24) is 14.9 Å². The van der Waals surface area contributed by atoms with Crippen LogP contribution in [0.3, 0.4) is 0 Å². The van der Waals surface area contributed by atoms with Crippen LogP contribution in [0.25, 0.3) is 16.6 Å². The SMILES string of the molecule is CCCNC(=O)c1ccc2c(=O)n(-c3cc(C)cc(C)c3)c(SCc3cccc([N+](=O)[O-])c3)nc2c1. The molecular formula is C27H26N4O4S. The molecule has 8 nitrogen and oxygen atoms in total. The summed E-state index contributed by atoms with van der Waals surface area (Å²) >= 11 is 1.31. The molecule has 0 fully saturated rings. The van der Waals surface area contributed by atoms with Crippen molar-refractivity contribution in [2.45, 2.75) is 38.1 Å². The van der Waals surface area contributed by atoms with Gasteiger partial charge in [0.1, 0.15) is 0 Å². The molecule has 0 atom stereocenters. The van der Waals surface area contributed by atoms with Gasteiger partial charge in [-0.15, -0.1) is 0 Å². The maximum Gasteiger partial charge on any atom is 0.269 e. The third kappa shape index (κ3) is 5.46. The predicted octanol–water partition coefficient (Wildman–Crippen LogP) is 5.34. The third-order valence-electron chi connectivity index (χ3n) is 5.59. The van der Waals surface area contributed by atoms with E-state index in [4.69, 9.17) is 4.98 Å². The van der Waals surface area contributed by atoms with Crippen LogP contribution in [0.1, 0.15) is 40.4 Å². The number of carbonyl (C=O) groups excluding carboxylic acids is 1. The predicted molar refractivity (Wildman–Crippen MR) is 142 cm³/mol. The molecular weight excluding hydrogens is 476 g/mol. The van der Waals surface area contributed by atoms with Crippen LogP contribution in [-0.2, 0) is 5.75 Å². The van der Waals surface area contributed by atoms with Crippen LogP contribution in [0.2, 0.25) is 0 Å². The Balaban J connectivity index is 1.83. The zero-order valence-corrected chi connectivity index (χ0v) is 21.1. The Hall–Kier alpha value is -3.98. The van der Waals surface area contributed by atoms with Crippen molar-refractivity contribution in [3.63, 3.8) is 0 Å². The topological polar surface area (TPSA) is 107 Å². The lowest BCUT2D eigenvalue weighted by atomic mass is 10.1. The molecule has 9 heteroatoms. The van der Waals surface area contributed by atoms with E-state index >= 15 is 0 Å². The molecule has 1 aromatic heterocycles. The molecule has 4 rings (SSSR count). The Bertz CT molecular complexity index is 1510. The van der Waals surface area contributed by atoms with Crippen molar-refractivity contribution < 1.29 is 9.72 Å². The highest BCUT2D eigenvalue weighted by Crippen LogP contribution is 2.27. The van der Waals surface area contributed by atoms with Gasteiger partial charge in [0.05, 0.1) is 21.5 Å². The highest BCUT2D eigenvalue weighted by molar-refractivity contribution is 7.98. The van der Waals surface area contributed by atoms with Gasteiger partial charge in [-0.1, -0.05) is 36.9 Å². The number of non-ortho nitro benzene ring substituents is 1. The van der Waals surface area contributed by atoms with Gasteiger partial charge in [0.2, 0.25) is 0 Å². The summed E-state index contributed by atoms with van der Waals surface area (Å²) in [4.78, 5) is 41.7. The van der Waals surface area contributed by atoms with E-state index in [1.54, 1.807) is 34.9 Å². The van der Waals surface area contributed by atoms with Gasteiger partial charge in [0.25, 0.3) is 17.2 Å². The van der Waals surface area contributed by atoms with Crippen molar-refractivity contribution in [2.75, 3.05) is 6.54 Å². The number of carbonyl (C=O) groups is 1. The smallest absolute Gasteiger partial charge is 0.269 e. The lowest BCUT2D eigenvalue weighted by Gasteiger charge is -2.15. The number of nitrogens with zero attached hydrogens (tertiary/aromatic N) is 3. The van der Waals surface area contributed by atoms with E-state index in [1.807, 2.05) is 39.0 Å². The Kier molecular flexibility index (Phi) is 7.49. The van der Waals surface area contributed by atoms with Gasteiger partial charge in [-0.3, -0.25) is 24.3 Å². The minimum atomic E-state index is -0.432. The van der Waals surface area contributed by atoms with Gasteiger partial charge >= 0.3 is 0 Å². The van der Waals surface area contributed by atoms with E-state index < -0.39 is 4.92 Å². The number of nitrogens with one attached hydrogen (secondary N) is 1. The van der Waals surface area contributed by atoms with Crippen molar-refractivity contribution >= 4 is 34.3 Å². The van der Waals surface area contributed by atoms with Gasteiger partial charge in [-0.05, 0) is 67.3 Å². The summed E-state index contributed by atoms with van der Waals surface area (Å²) in [6.07, 6.45) is 0.816. The molecule has 0 spiro atoms. The van der Waals surface area contributed by atoms with E-state index in [1.165, 1.54) is 23.9 Å². The number of amides is 1. The second-order valence-corrected chi connectivity index (χ2v) is 9.53. The Morgan fingerprint density at radius 1 is 1.08 bits per heavy atom. The molecule has 0 bridgehead atoms. The maximum atomic E-state index is 13.7. The van der Waals surface area contributed by atoms with Crippen LogP contribution >= 0.6 is 11.8 Å². The van der Waals surface area contributed by atoms with Crippen LogP contribution in [0.15, 0.2) is 70.6 Å². The van der Waals surface area contributed by atoms with E-state index in [2.05, 4.69) is 5.32 Å². The van der Waals surface area contributed by atoms with Gasteiger partial charge in [0.15, 0.2) is 5.16 Å². The van der Waals surface area contributed by atoms with Crippen molar-refractivity contribution in [1.29, 1.82) is 0 Å². The number of nitro benzene ring substituents is 1. The Morgan fingerprint density at radius 3 is 2.53 bits per heavy atom. The fourth-order valence-corrected chi connectivity index (χ4v) is 4.91. The molecule has 0 aliphatic rings. The second kappa shape index (κ2) is 10.7. The van der Waals surface area contributed by atoms with Crippen molar-refractivity contribution in [3.8, 4) is 5.69 Å².